The van der Waals surface area contributed by atoms with E-state index < -0.39 is 0 Å². The third-order valence-electron chi connectivity index (χ3n) is 3.88. The van der Waals surface area contributed by atoms with E-state index >= 15 is 0 Å². The van der Waals surface area contributed by atoms with Crippen LogP contribution in [-0.2, 0) is 11.2 Å². The molecule has 1 atom stereocenters. The Hall–Kier alpha value is -2.32. The van der Waals surface area contributed by atoms with E-state index in [4.69, 9.17) is 0 Å². The van der Waals surface area contributed by atoms with Crippen molar-refractivity contribution in [2.75, 3.05) is 5.75 Å². The molecule has 0 aliphatic carbocycles. The molecular formula is C20H23N3OS. The van der Waals surface area contributed by atoms with Gasteiger partial charge in [0, 0.05) is 11.7 Å². The second kappa shape index (κ2) is 9.24. The topological polar surface area (TPSA) is 65.8 Å². The van der Waals surface area contributed by atoms with Gasteiger partial charge in [0.1, 0.15) is 11.1 Å². The Balaban J connectivity index is 1.84. The van der Waals surface area contributed by atoms with Gasteiger partial charge in [0.05, 0.1) is 11.3 Å². The van der Waals surface area contributed by atoms with Crippen LogP contribution in [0.5, 0.6) is 0 Å². The first-order valence-electron chi connectivity index (χ1n) is 8.34. The van der Waals surface area contributed by atoms with Crippen molar-refractivity contribution in [3.05, 3.63) is 58.8 Å². The molecule has 2 rings (SSSR count). The van der Waals surface area contributed by atoms with Crippen molar-refractivity contribution < 1.29 is 4.79 Å². The molecule has 0 aliphatic rings. The lowest BCUT2D eigenvalue weighted by Crippen LogP contribution is -2.34. The standard InChI is InChI=1S/C20H23N3OS/c1-14-11-16(3)23-20(18(14)12-21)25-13-19(24)22-15(2)9-10-17-7-5-4-6-8-17/h4-8,11,15H,9-10,13H2,1-3H3,(H,22,24)/t15-/m0/s1. The summed E-state index contributed by atoms with van der Waals surface area (Å²) in [4.78, 5) is 16.6. The lowest BCUT2D eigenvalue weighted by molar-refractivity contribution is -0.119. The quantitative estimate of drug-likeness (QED) is 0.769. The molecule has 1 aromatic carbocycles. The largest absolute Gasteiger partial charge is 0.353 e. The molecule has 4 nitrogen and oxygen atoms in total. The van der Waals surface area contributed by atoms with E-state index in [9.17, 15) is 10.1 Å². The number of nitrogens with zero attached hydrogens (tertiary/aromatic N) is 2. The van der Waals surface area contributed by atoms with Crippen molar-refractivity contribution in [2.45, 2.75) is 44.7 Å². The molecule has 0 fully saturated rings. The molecule has 0 radical (unpaired) electrons. The number of pyridine rings is 1. The number of nitriles is 1. The van der Waals surface area contributed by atoms with Gasteiger partial charge in [-0.2, -0.15) is 5.26 Å². The maximum Gasteiger partial charge on any atom is 0.230 e. The molecule has 25 heavy (non-hydrogen) atoms. The van der Waals surface area contributed by atoms with Gasteiger partial charge >= 0.3 is 0 Å². The number of carbonyl (C=O) groups excluding carboxylic acids is 1. The van der Waals surface area contributed by atoms with Crippen LogP contribution in [0.3, 0.4) is 0 Å². The van der Waals surface area contributed by atoms with Crippen LogP contribution in [0.15, 0.2) is 41.4 Å². The highest BCUT2D eigenvalue weighted by Crippen LogP contribution is 2.23. The van der Waals surface area contributed by atoms with Gasteiger partial charge in [-0.1, -0.05) is 42.1 Å². The highest BCUT2D eigenvalue weighted by molar-refractivity contribution is 8.00. The predicted molar refractivity (Wildman–Crippen MR) is 102 cm³/mol. The van der Waals surface area contributed by atoms with E-state index in [1.807, 2.05) is 45.0 Å². The van der Waals surface area contributed by atoms with Crippen molar-refractivity contribution in [3.8, 4) is 6.07 Å². The van der Waals surface area contributed by atoms with Gasteiger partial charge in [0.15, 0.2) is 0 Å². The van der Waals surface area contributed by atoms with E-state index in [2.05, 4.69) is 28.5 Å². The molecule has 1 aromatic heterocycles. The zero-order valence-corrected chi connectivity index (χ0v) is 15.7. The van der Waals surface area contributed by atoms with E-state index in [1.165, 1.54) is 17.3 Å². The van der Waals surface area contributed by atoms with Gasteiger partial charge in [-0.25, -0.2) is 4.98 Å². The van der Waals surface area contributed by atoms with Crippen molar-refractivity contribution >= 4 is 17.7 Å². The number of hydrogen-bond donors (Lipinski definition) is 1. The van der Waals surface area contributed by atoms with Gasteiger partial charge in [0.25, 0.3) is 0 Å². The minimum atomic E-state index is -0.0320. The summed E-state index contributed by atoms with van der Waals surface area (Å²) in [5.41, 5.74) is 3.58. The van der Waals surface area contributed by atoms with E-state index in [0.29, 0.717) is 10.6 Å². The van der Waals surface area contributed by atoms with Gasteiger partial charge in [-0.05, 0) is 50.8 Å². The summed E-state index contributed by atoms with van der Waals surface area (Å²) in [5.74, 6) is 0.232. The number of aromatic nitrogens is 1. The first-order chi connectivity index (χ1) is 12.0. The van der Waals surface area contributed by atoms with Crippen LogP contribution in [0, 0.1) is 25.2 Å². The van der Waals surface area contributed by atoms with Gasteiger partial charge in [0.2, 0.25) is 5.91 Å². The molecular weight excluding hydrogens is 330 g/mol. The van der Waals surface area contributed by atoms with Crippen LogP contribution < -0.4 is 5.32 Å². The fourth-order valence-corrected chi connectivity index (χ4v) is 3.50. The van der Waals surface area contributed by atoms with E-state index in [0.717, 1.165) is 24.1 Å². The van der Waals surface area contributed by atoms with Crippen LogP contribution in [0.1, 0.15) is 35.7 Å². The molecule has 130 valence electrons. The lowest BCUT2D eigenvalue weighted by Gasteiger charge is -2.14. The van der Waals surface area contributed by atoms with Crippen LogP contribution in [0.4, 0.5) is 0 Å². The van der Waals surface area contributed by atoms with Crippen LogP contribution in [0.2, 0.25) is 0 Å². The Morgan fingerprint density at radius 1 is 1.32 bits per heavy atom. The fraction of sp³-hybridized carbons (Fsp3) is 0.350. The Bertz CT molecular complexity index is 769. The normalized spacial score (nSPS) is 11.6. The molecule has 0 aliphatic heterocycles. The summed E-state index contributed by atoms with van der Waals surface area (Å²) in [6.45, 7) is 5.80. The number of nitrogens with one attached hydrogen (secondary N) is 1. The molecule has 2 aromatic rings. The smallest absolute Gasteiger partial charge is 0.230 e. The first kappa shape index (κ1) is 19.0. The van der Waals surface area contributed by atoms with Crippen LogP contribution >= 0.6 is 11.8 Å². The monoisotopic (exact) mass is 353 g/mol. The van der Waals surface area contributed by atoms with Crippen LogP contribution in [-0.4, -0.2) is 22.7 Å². The summed E-state index contributed by atoms with van der Waals surface area (Å²) in [5, 5.41) is 12.9. The highest BCUT2D eigenvalue weighted by atomic mass is 32.2. The highest BCUT2D eigenvalue weighted by Gasteiger charge is 2.13. The van der Waals surface area contributed by atoms with Crippen molar-refractivity contribution in [2.24, 2.45) is 0 Å². The maximum absolute atomic E-state index is 12.2. The molecule has 0 saturated heterocycles. The maximum atomic E-state index is 12.2. The zero-order chi connectivity index (χ0) is 18.2. The zero-order valence-electron chi connectivity index (χ0n) is 14.9. The number of rotatable bonds is 7. The number of hydrogen-bond acceptors (Lipinski definition) is 4. The van der Waals surface area contributed by atoms with E-state index in [1.54, 1.807) is 0 Å². The summed E-state index contributed by atoms with van der Waals surface area (Å²) >= 11 is 1.32. The minimum Gasteiger partial charge on any atom is -0.353 e. The Kier molecular flexibility index (Phi) is 7.03. The molecule has 5 heteroatoms. The molecule has 0 bridgehead atoms. The van der Waals surface area contributed by atoms with Gasteiger partial charge in [-0.3, -0.25) is 4.79 Å². The first-order valence-corrected chi connectivity index (χ1v) is 9.32. The average Bonchev–Trinajstić information content (AvgIpc) is 2.58. The number of benzene rings is 1. The minimum absolute atomic E-state index is 0.0320. The summed E-state index contributed by atoms with van der Waals surface area (Å²) in [7, 11) is 0. The SMILES string of the molecule is Cc1cc(C)c(C#N)c(SCC(=O)N[C@@H](C)CCc2ccccc2)n1. The second-order valence-corrected chi connectivity index (χ2v) is 7.12. The van der Waals surface area contributed by atoms with Gasteiger partial charge in [-0.15, -0.1) is 0 Å². The molecule has 1 heterocycles. The third kappa shape index (κ3) is 5.91. The second-order valence-electron chi connectivity index (χ2n) is 6.15. The van der Waals surface area contributed by atoms with Gasteiger partial charge < -0.3 is 5.32 Å². The molecule has 0 saturated carbocycles. The molecule has 1 amide bonds. The molecule has 1 N–H and O–H groups in total. The average molecular weight is 353 g/mol. The Morgan fingerprint density at radius 3 is 2.72 bits per heavy atom. The number of amides is 1. The summed E-state index contributed by atoms with van der Waals surface area (Å²) in [6.07, 6.45) is 1.83. The van der Waals surface area contributed by atoms with Crippen molar-refractivity contribution in [1.29, 1.82) is 5.26 Å². The number of aryl methyl sites for hydroxylation is 3. The summed E-state index contributed by atoms with van der Waals surface area (Å²) < 4.78 is 0. The third-order valence-corrected chi connectivity index (χ3v) is 4.85. The molecule has 0 spiro atoms. The van der Waals surface area contributed by atoms with Crippen LogP contribution in [0.25, 0.3) is 0 Å². The fourth-order valence-electron chi connectivity index (χ4n) is 2.59. The van der Waals surface area contributed by atoms with Crippen molar-refractivity contribution in [1.82, 2.24) is 10.3 Å². The Labute approximate surface area is 153 Å². The number of thioether (sulfide) groups is 1. The van der Waals surface area contributed by atoms with E-state index in [-0.39, 0.29) is 17.7 Å². The number of carbonyl (C=O) groups is 1. The summed E-state index contributed by atoms with van der Waals surface area (Å²) in [6, 6.07) is 14.4. The lowest BCUT2D eigenvalue weighted by atomic mass is 10.1. The molecule has 0 unspecified atom stereocenters. The Morgan fingerprint density at radius 2 is 2.04 bits per heavy atom. The predicted octanol–water partition coefficient (Wildman–Crippen LogP) is 3.80. The van der Waals surface area contributed by atoms with Crippen molar-refractivity contribution in [3.63, 3.8) is 0 Å².